The summed E-state index contributed by atoms with van der Waals surface area (Å²) < 4.78 is 4.17. The lowest BCUT2D eigenvalue weighted by Crippen LogP contribution is -2.20. The Kier molecular flexibility index (Phi) is 5.41. The van der Waals surface area contributed by atoms with Gasteiger partial charge in [-0.3, -0.25) is 0 Å². The number of rotatable bonds is 5. The van der Waals surface area contributed by atoms with Crippen molar-refractivity contribution in [1.82, 2.24) is 15.1 Å². The van der Waals surface area contributed by atoms with Crippen molar-refractivity contribution in [2.45, 2.75) is 20.4 Å². The molecule has 0 saturated heterocycles. The maximum Gasteiger partial charge on any atom is 0.0691 e. The van der Waals surface area contributed by atoms with Crippen LogP contribution in [-0.4, -0.2) is 16.3 Å². The summed E-state index contributed by atoms with van der Waals surface area (Å²) >= 11 is 5.81. The van der Waals surface area contributed by atoms with E-state index in [-0.39, 0.29) is 0 Å². The average Bonchev–Trinajstić information content (AvgIpc) is 2.75. The van der Waals surface area contributed by atoms with E-state index in [2.05, 4.69) is 81.0 Å². The molecular formula is C14H17BrIN3. The molecule has 0 saturated carbocycles. The van der Waals surface area contributed by atoms with Gasteiger partial charge in [-0.2, -0.15) is 5.10 Å². The minimum Gasteiger partial charge on any atom is -0.312 e. The zero-order chi connectivity index (χ0) is 13.8. The Hall–Kier alpha value is -0.400. The van der Waals surface area contributed by atoms with Gasteiger partial charge in [0.05, 0.1) is 15.5 Å². The van der Waals surface area contributed by atoms with Crippen LogP contribution in [0.2, 0.25) is 0 Å². The highest BCUT2D eigenvalue weighted by Crippen LogP contribution is 2.20. The van der Waals surface area contributed by atoms with E-state index < -0.39 is 0 Å². The molecule has 0 unspecified atom stereocenters. The third-order valence-electron chi connectivity index (χ3n) is 2.71. The van der Waals surface area contributed by atoms with Gasteiger partial charge in [-0.1, -0.05) is 29.8 Å². The number of hydrogen-bond acceptors (Lipinski definition) is 2. The van der Waals surface area contributed by atoms with Crippen molar-refractivity contribution in [3.8, 4) is 5.69 Å². The minimum absolute atomic E-state index is 0.654. The van der Waals surface area contributed by atoms with Crippen LogP contribution in [-0.2, 0) is 6.54 Å². The fraction of sp³-hybridized carbons (Fsp3) is 0.357. The van der Waals surface area contributed by atoms with Crippen LogP contribution in [0.1, 0.15) is 19.4 Å². The van der Waals surface area contributed by atoms with Gasteiger partial charge < -0.3 is 5.32 Å². The van der Waals surface area contributed by atoms with Crippen LogP contribution in [0.15, 0.2) is 35.1 Å². The van der Waals surface area contributed by atoms with Crippen molar-refractivity contribution in [2.75, 3.05) is 6.54 Å². The van der Waals surface area contributed by atoms with E-state index in [1.165, 1.54) is 5.56 Å². The smallest absolute Gasteiger partial charge is 0.0691 e. The van der Waals surface area contributed by atoms with Crippen LogP contribution in [0.5, 0.6) is 0 Å². The Labute approximate surface area is 136 Å². The number of halogens is 2. The molecular weight excluding hydrogens is 417 g/mol. The lowest BCUT2D eigenvalue weighted by molar-refractivity contribution is 0.551. The molecule has 1 N–H and O–H groups in total. The molecule has 0 aliphatic rings. The van der Waals surface area contributed by atoms with Gasteiger partial charge in [-0.15, -0.1) is 0 Å². The molecule has 0 radical (unpaired) electrons. The van der Waals surface area contributed by atoms with Crippen molar-refractivity contribution in [3.63, 3.8) is 0 Å². The molecule has 3 nitrogen and oxygen atoms in total. The number of hydrogen-bond donors (Lipinski definition) is 1. The third kappa shape index (κ3) is 4.29. The third-order valence-corrected chi connectivity index (χ3v) is 3.76. The zero-order valence-electron chi connectivity index (χ0n) is 11.0. The standard InChI is InChI=1S/C14H17BrIN3/c1-10(2)6-17-7-11-5-12(15)3-4-14(11)19-9-13(16)8-18-19/h3-5,8-10,17H,6-7H2,1-2H3. The summed E-state index contributed by atoms with van der Waals surface area (Å²) in [6.07, 6.45) is 3.91. The second-order valence-electron chi connectivity index (χ2n) is 4.90. The van der Waals surface area contributed by atoms with Crippen LogP contribution in [0.3, 0.4) is 0 Å². The van der Waals surface area contributed by atoms with Crippen LogP contribution in [0.25, 0.3) is 5.69 Å². The minimum atomic E-state index is 0.654. The maximum atomic E-state index is 4.39. The fourth-order valence-corrected chi connectivity index (χ4v) is 2.64. The number of nitrogens with zero attached hydrogens (tertiary/aromatic N) is 2. The molecule has 0 aliphatic heterocycles. The highest BCUT2D eigenvalue weighted by atomic mass is 127. The Bertz CT molecular complexity index is 551. The van der Waals surface area contributed by atoms with Crippen LogP contribution in [0.4, 0.5) is 0 Å². The Balaban J connectivity index is 2.23. The van der Waals surface area contributed by atoms with Gasteiger partial charge in [-0.25, -0.2) is 4.68 Å². The number of benzene rings is 1. The first-order chi connectivity index (χ1) is 9.06. The van der Waals surface area contributed by atoms with E-state index in [1.54, 1.807) is 0 Å². The summed E-state index contributed by atoms with van der Waals surface area (Å²) in [7, 11) is 0. The molecule has 0 spiro atoms. The number of aromatic nitrogens is 2. The van der Waals surface area contributed by atoms with Crippen molar-refractivity contribution in [1.29, 1.82) is 0 Å². The molecule has 0 bridgehead atoms. The molecule has 0 amide bonds. The lowest BCUT2D eigenvalue weighted by Gasteiger charge is -2.12. The summed E-state index contributed by atoms with van der Waals surface area (Å²) in [5.41, 5.74) is 2.37. The highest BCUT2D eigenvalue weighted by Gasteiger charge is 2.07. The van der Waals surface area contributed by atoms with Gasteiger partial charge in [-0.05, 0) is 58.8 Å². The molecule has 0 aliphatic carbocycles. The first kappa shape index (κ1) is 15.0. The Morgan fingerprint density at radius 2 is 2.21 bits per heavy atom. The maximum absolute atomic E-state index is 4.39. The van der Waals surface area contributed by atoms with Gasteiger partial charge in [0, 0.05) is 17.2 Å². The van der Waals surface area contributed by atoms with E-state index >= 15 is 0 Å². The SMILES string of the molecule is CC(C)CNCc1cc(Br)ccc1-n1cc(I)cn1. The Morgan fingerprint density at radius 1 is 1.42 bits per heavy atom. The summed E-state index contributed by atoms with van der Waals surface area (Å²) in [6.45, 7) is 6.29. The largest absolute Gasteiger partial charge is 0.312 e. The zero-order valence-corrected chi connectivity index (χ0v) is 14.8. The summed E-state index contributed by atoms with van der Waals surface area (Å²) in [5.74, 6) is 0.654. The van der Waals surface area contributed by atoms with Gasteiger partial charge in [0.1, 0.15) is 0 Å². The highest BCUT2D eigenvalue weighted by molar-refractivity contribution is 14.1. The molecule has 5 heteroatoms. The molecule has 0 fully saturated rings. The van der Waals surface area contributed by atoms with E-state index in [0.717, 1.165) is 26.8 Å². The topological polar surface area (TPSA) is 29.9 Å². The summed E-state index contributed by atoms with van der Waals surface area (Å²) in [5, 5.41) is 7.87. The van der Waals surface area contributed by atoms with Crippen molar-refractivity contribution >= 4 is 38.5 Å². The van der Waals surface area contributed by atoms with E-state index in [9.17, 15) is 0 Å². The first-order valence-electron chi connectivity index (χ1n) is 6.26. The second-order valence-corrected chi connectivity index (χ2v) is 7.06. The molecule has 1 heterocycles. The van der Waals surface area contributed by atoms with E-state index in [1.807, 2.05) is 17.1 Å². The molecule has 2 rings (SSSR count). The van der Waals surface area contributed by atoms with Gasteiger partial charge in [0.2, 0.25) is 0 Å². The average molecular weight is 434 g/mol. The van der Waals surface area contributed by atoms with Crippen LogP contribution in [0, 0.1) is 9.49 Å². The van der Waals surface area contributed by atoms with Gasteiger partial charge in [0.15, 0.2) is 0 Å². The van der Waals surface area contributed by atoms with Crippen LogP contribution < -0.4 is 5.32 Å². The summed E-state index contributed by atoms with van der Waals surface area (Å²) in [6, 6.07) is 6.30. The molecule has 1 aromatic carbocycles. The van der Waals surface area contributed by atoms with E-state index in [0.29, 0.717) is 5.92 Å². The number of nitrogens with one attached hydrogen (secondary N) is 1. The quantitative estimate of drug-likeness (QED) is 0.722. The second kappa shape index (κ2) is 6.85. The summed E-state index contributed by atoms with van der Waals surface area (Å²) in [4.78, 5) is 0. The van der Waals surface area contributed by atoms with Crippen molar-refractivity contribution in [2.24, 2.45) is 5.92 Å². The van der Waals surface area contributed by atoms with E-state index in [4.69, 9.17) is 0 Å². The predicted molar refractivity (Wildman–Crippen MR) is 90.5 cm³/mol. The molecule has 0 atom stereocenters. The predicted octanol–water partition coefficient (Wildman–Crippen LogP) is 3.99. The monoisotopic (exact) mass is 433 g/mol. The van der Waals surface area contributed by atoms with Crippen molar-refractivity contribution < 1.29 is 0 Å². The Morgan fingerprint density at radius 3 is 2.84 bits per heavy atom. The fourth-order valence-electron chi connectivity index (χ4n) is 1.85. The molecule has 2 aromatic rings. The van der Waals surface area contributed by atoms with Gasteiger partial charge in [0.25, 0.3) is 0 Å². The first-order valence-corrected chi connectivity index (χ1v) is 8.13. The molecule has 19 heavy (non-hydrogen) atoms. The normalized spacial score (nSPS) is 11.2. The van der Waals surface area contributed by atoms with Crippen molar-refractivity contribution in [3.05, 3.63) is 44.2 Å². The van der Waals surface area contributed by atoms with Crippen LogP contribution >= 0.6 is 38.5 Å². The molecule has 102 valence electrons. The van der Waals surface area contributed by atoms with Gasteiger partial charge >= 0.3 is 0 Å². The molecule has 1 aromatic heterocycles. The lowest BCUT2D eigenvalue weighted by atomic mass is 10.1.